The molecule has 0 radical (unpaired) electrons. The van der Waals surface area contributed by atoms with E-state index >= 15 is 0 Å². The fourth-order valence-corrected chi connectivity index (χ4v) is 1.26. The van der Waals surface area contributed by atoms with Crippen LogP contribution in [0.3, 0.4) is 0 Å². The molecule has 3 nitrogen and oxygen atoms in total. The van der Waals surface area contributed by atoms with Crippen LogP contribution in [-0.4, -0.2) is 12.1 Å². The second-order valence-corrected chi connectivity index (χ2v) is 2.84. The average Bonchev–Trinajstić information content (AvgIpc) is 2.16. The highest BCUT2D eigenvalue weighted by atomic mass is 19.3. The fourth-order valence-electron chi connectivity index (χ4n) is 1.26. The van der Waals surface area contributed by atoms with E-state index in [0.717, 1.165) is 0 Å². The van der Waals surface area contributed by atoms with E-state index in [0.29, 0.717) is 11.1 Å². The lowest BCUT2D eigenvalue weighted by molar-refractivity contribution is 0.145. The van der Waals surface area contributed by atoms with E-state index in [1.807, 2.05) is 0 Å². The molecule has 5 heteroatoms. The van der Waals surface area contributed by atoms with Crippen LogP contribution in [0.4, 0.5) is 8.78 Å². The summed E-state index contributed by atoms with van der Waals surface area (Å²) in [5, 5.41) is 0. The van der Waals surface area contributed by atoms with Crippen LogP contribution in [0.25, 0.3) is 0 Å². The van der Waals surface area contributed by atoms with Crippen LogP contribution in [-0.2, 0) is 6.54 Å². The Hall–Kier alpha value is -1.23. The number of alkyl halides is 2. The zero-order valence-electron chi connectivity index (χ0n) is 8.05. The van der Waals surface area contributed by atoms with Gasteiger partial charge in [0.25, 0.3) is 6.43 Å². The molecule has 1 rings (SSSR count). The highest BCUT2D eigenvalue weighted by Crippen LogP contribution is 2.31. The van der Waals surface area contributed by atoms with E-state index in [-0.39, 0.29) is 18.0 Å². The summed E-state index contributed by atoms with van der Waals surface area (Å²) in [4.78, 5) is 3.77. The number of halogens is 2. The molecule has 0 amide bonds. The summed E-state index contributed by atoms with van der Waals surface area (Å²) >= 11 is 0. The van der Waals surface area contributed by atoms with Crippen molar-refractivity contribution in [3.05, 3.63) is 22.9 Å². The normalized spacial score (nSPS) is 10.7. The summed E-state index contributed by atoms with van der Waals surface area (Å²) in [5.74, 6) is -0.0327. The van der Waals surface area contributed by atoms with Gasteiger partial charge in [-0.25, -0.2) is 13.8 Å². The Labute approximate surface area is 80.9 Å². The molecule has 0 bridgehead atoms. The van der Waals surface area contributed by atoms with Crippen molar-refractivity contribution in [2.45, 2.75) is 19.9 Å². The van der Waals surface area contributed by atoms with Gasteiger partial charge in [-0.3, -0.25) is 0 Å². The summed E-state index contributed by atoms with van der Waals surface area (Å²) in [6.45, 7) is 1.79. The van der Waals surface area contributed by atoms with Gasteiger partial charge >= 0.3 is 0 Å². The standard InChI is InChI=1S/C9H12F2N2O/c1-5-6(3-12)4-13-9(14-2)7(5)8(10)11/h4,8H,3,12H2,1-2H3. The first-order valence-electron chi connectivity index (χ1n) is 4.12. The summed E-state index contributed by atoms with van der Waals surface area (Å²) in [6.07, 6.45) is -1.14. The molecular formula is C9H12F2N2O. The predicted octanol–water partition coefficient (Wildman–Crippen LogP) is 1.79. The topological polar surface area (TPSA) is 48.1 Å². The lowest BCUT2D eigenvalue weighted by atomic mass is 10.1. The third-order valence-electron chi connectivity index (χ3n) is 2.09. The number of pyridine rings is 1. The van der Waals surface area contributed by atoms with Crippen LogP contribution in [0.15, 0.2) is 6.20 Å². The molecule has 2 N–H and O–H groups in total. The highest BCUT2D eigenvalue weighted by molar-refractivity contribution is 5.39. The van der Waals surface area contributed by atoms with Gasteiger partial charge in [0.05, 0.1) is 12.7 Å². The molecule has 0 aromatic carbocycles. The van der Waals surface area contributed by atoms with Crippen molar-refractivity contribution >= 4 is 0 Å². The molecule has 0 aliphatic rings. The van der Waals surface area contributed by atoms with Crippen molar-refractivity contribution < 1.29 is 13.5 Å². The zero-order valence-corrected chi connectivity index (χ0v) is 8.05. The van der Waals surface area contributed by atoms with Crippen LogP contribution >= 0.6 is 0 Å². The first-order valence-corrected chi connectivity index (χ1v) is 4.12. The van der Waals surface area contributed by atoms with Crippen LogP contribution in [0.2, 0.25) is 0 Å². The summed E-state index contributed by atoms with van der Waals surface area (Å²) in [7, 11) is 1.32. The quantitative estimate of drug-likeness (QED) is 0.812. The monoisotopic (exact) mass is 202 g/mol. The van der Waals surface area contributed by atoms with E-state index in [2.05, 4.69) is 4.98 Å². The molecule has 1 heterocycles. The molecule has 14 heavy (non-hydrogen) atoms. The number of ether oxygens (including phenoxy) is 1. The van der Waals surface area contributed by atoms with Crippen molar-refractivity contribution in [1.82, 2.24) is 4.98 Å². The van der Waals surface area contributed by atoms with Gasteiger partial charge in [0.15, 0.2) is 0 Å². The van der Waals surface area contributed by atoms with Crippen molar-refractivity contribution in [3.63, 3.8) is 0 Å². The number of methoxy groups -OCH3 is 1. The molecule has 0 aliphatic carbocycles. The third kappa shape index (κ3) is 1.82. The lowest BCUT2D eigenvalue weighted by Gasteiger charge is -2.12. The maximum absolute atomic E-state index is 12.6. The number of hydrogen-bond acceptors (Lipinski definition) is 3. The van der Waals surface area contributed by atoms with E-state index in [9.17, 15) is 8.78 Å². The zero-order chi connectivity index (χ0) is 10.7. The van der Waals surface area contributed by atoms with Crippen LogP contribution in [0.5, 0.6) is 5.88 Å². The Morgan fingerprint density at radius 3 is 2.64 bits per heavy atom. The van der Waals surface area contributed by atoms with E-state index in [4.69, 9.17) is 10.5 Å². The van der Waals surface area contributed by atoms with E-state index in [1.54, 1.807) is 6.92 Å². The highest BCUT2D eigenvalue weighted by Gasteiger charge is 2.19. The first-order chi connectivity index (χ1) is 6.61. The molecule has 78 valence electrons. The maximum Gasteiger partial charge on any atom is 0.269 e. The van der Waals surface area contributed by atoms with Crippen LogP contribution in [0.1, 0.15) is 23.1 Å². The maximum atomic E-state index is 12.6. The smallest absolute Gasteiger partial charge is 0.269 e. The molecule has 0 aliphatic heterocycles. The molecule has 1 aromatic heterocycles. The van der Waals surface area contributed by atoms with Crippen LogP contribution < -0.4 is 10.5 Å². The average molecular weight is 202 g/mol. The lowest BCUT2D eigenvalue weighted by Crippen LogP contribution is -2.06. The molecule has 0 fully saturated rings. The molecule has 0 saturated carbocycles. The SMILES string of the molecule is COc1ncc(CN)c(C)c1C(F)F. The largest absolute Gasteiger partial charge is 0.481 e. The summed E-state index contributed by atoms with van der Waals surface area (Å²) in [5.41, 5.74) is 6.28. The number of aromatic nitrogens is 1. The fraction of sp³-hybridized carbons (Fsp3) is 0.444. The van der Waals surface area contributed by atoms with Gasteiger partial charge < -0.3 is 10.5 Å². The second-order valence-electron chi connectivity index (χ2n) is 2.84. The Balaban J connectivity index is 3.31. The van der Waals surface area contributed by atoms with Crippen molar-refractivity contribution in [2.24, 2.45) is 5.73 Å². The Morgan fingerprint density at radius 1 is 1.57 bits per heavy atom. The van der Waals surface area contributed by atoms with Crippen molar-refractivity contribution in [2.75, 3.05) is 7.11 Å². The number of nitrogens with two attached hydrogens (primary N) is 1. The third-order valence-corrected chi connectivity index (χ3v) is 2.09. The summed E-state index contributed by atoms with van der Waals surface area (Å²) < 4.78 is 30.0. The van der Waals surface area contributed by atoms with E-state index in [1.165, 1.54) is 13.3 Å². The van der Waals surface area contributed by atoms with Gasteiger partial charge in [0.1, 0.15) is 0 Å². The van der Waals surface area contributed by atoms with Gasteiger partial charge in [0, 0.05) is 12.7 Å². The minimum Gasteiger partial charge on any atom is -0.481 e. The van der Waals surface area contributed by atoms with Crippen molar-refractivity contribution in [1.29, 1.82) is 0 Å². The van der Waals surface area contributed by atoms with Gasteiger partial charge in [-0.1, -0.05) is 0 Å². The second kappa shape index (κ2) is 4.32. The van der Waals surface area contributed by atoms with Gasteiger partial charge in [0.2, 0.25) is 5.88 Å². The minimum atomic E-state index is -2.59. The number of rotatable bonds is 3. The van der Waals surface area contributed by atoms with Gasteiger partial charge in [-0.05, 0) is 18.1 Å². The Bertz CT molecular complexity index is 329. The molecule has 0 atom stereocenters. The molecule has 1 aromatic rings. The van der Waals surface area contributed by atoms with Gasteiger partial charge in [-0.15, -0.1) is 0 Å². The molecule has 0 unspecified atom stereocenters. The molecule has 0 spiro atoms. The summed E-state index contributed by atoms with van der Waals surface area (Å²) in [6, 6.07) is 0. The van der Waals surface area contributed by atoms with Gasteiger partial charge in [-0.2, -0.15) is 0 Å². The van der Waals surface area contributed by atoms with Crippen molar-refractivity contribution in [3.8, 4) is 5.88 Å². The first kappa shape index (κ1) is 10.8. The Morgan fingerprint density at radius 2 is 2.21 bits per heavy atom. The Kier molecular flexibility index (Phi) is 3.35. The predicted molar refractivity (Wildman–Crippen MR) is 48.4 cm³/mol. The number of nitrogens with zero attached hydrogens (tertiary/aromatic N) is 1. The van der Waals surface area contributed by atoms with E-state index < -0.39 is 6.43 Å². The minimum absolute atomic E-state index is 0.0327. The van der Waals surface area contributed by atoms with Crippen LogP contribution in [0, 0.1) is 6.92 Å². The molecular weight excluding hydrogens is 190 g/mol. The molecule has 0 saturated heterocycles. The number of hydrogen-bond donors (Lipinski definition) is 1.